The maximum absolute atomic E-state index is 5.66. The summed E-state index contributed by atoms with van der Waals surface area (Å²) in [5.74, 6) is 6.75. The van der Waals surface area contributed by atoms with Crippen LogP contribution in [-0.2, 0) is 0 Å². The number of hydrazine groups is 1. The van der Waals surface area contributed by atoms with E-state index in [1.165, 1.54) is 10.9 Å². The van der Waals surface area contributed by atoms with Crippen LogP contribution in [0.1, 0.15) is 18.0 Å². The van der Waals surface area contributed by atoms with E-state index in [1.54, 1.807) is 0 Å². The second-order valence-corrected chi connectivity index (χ2v) is 4.90. The Morgan fingerprint density at radius 3 is 3.00 bits per heavy atom. The highest BCUT2D eigenvalue weighted by Crippen LogP contribution is 2.25. The normalized spacial score (nSPS) is 12.8. The molecule has 90 valence electrons. The van der Waals surface area contributed by atoms with Crippen LogP contribution >= 0.6 is 11.8 Å². The van der Waals surface area contributed by atoms with E-state index in [1.807, 2.05) is 36.2 Å². The maximum Gasteiger partial charge on any atom is 0.0705 e. The van der Waals surface area contributed by atoms with E-state index in [0.717, 1.165) is 17.7 Å². The molecule has 0 aliphatic rings. The first-order valence-electron chi connectivity index (χ1n) is 5.65. The molecule has 0 bridgehead atoms. The van der Waals surface area contributed by atoms with E-state index >= 15 is 0 Å². The molecule has 2 rings (SSSR count). The highest BCUT2D eigenvalue weighted by molar-refractivity contribution is 7.98. The number of benzene rings is 1. The van der Waals surface area contributed by atoms with Gasteiger partial charge in [-0.05, 0) is 36.1 Å². The van der Waals surface area contributed by atoms with Crippen LogP contribution in [0.25, 0.3) is 10.9 Å². The van der Waals surface area contributed by atoms with Crippen LogP contribution in [-0.4, -0.2) is 17.0 Å². The summed E-state index contributed by atoms with van der Waals surface area (Å²) in [7, 11) is 0. The smallest absolute Gasteiger partial charge is 0.0705 e. The molecule has 0 amide bonds. The van der Waals surface area contributed by atoms with Crippen molar-refractivity contribution in [2.75, 3.05) is 12.0 Å². The molecule has 3 nitrogen and oxygen atoms in total. The van der Waals surface area contributed by atoms with Gasteiger partial charge in [-0.25, -0.2) is 0 Å². The lowest BCUT2D eigenvalue weighted by Crippen LogP contribution is -2.28. The Morgan fingerprint density at radius 1 is 1.35 bits per heavy atom. The summed E-state index contributed by atoms with van der Waals surface area (Å²) < 4.78 is 0. The molecule has 0 aliphatic carbocycles. The van der Waals surface area contributed by atoms with E-state index < -0.39 is 0 Å². The van der Waals surface area contributed by atoms with Gasteiger partial charge in [0, 0.05) is 17.6 Å². The molecule has 0 saturated carbocycles. The predicted octanol–water partition coefficient (Wildman–Crippen LogP) is 2.49. The van der Waals surface area contributed by atoms with Crippen LogP contribution in [0.4, 0.5) is 0 Å². The number of nitrogens with one attached hydrogen (secondary N) is 1. The summed E-state index contributed by atoms with van der Waals surface area (Å²) in [4.78, 5) is 4.37. The first kappa shape index (κ1) is 12.4. The fourth-order valence-electron chi connectivity index (χ4n) is 2.00. The van der Waals surface area contributed by atoms with Gasteiger partial charge in [-0.1, -0.05) is 18.2 Å². The van der Waals surface area contributed by atoms with E-state index in [-0.39, 0.29) is 6.04 Å². The van der Waals surface area contributed by atoms with Crippen molar-refractivity contribution in [3.05, 3.63) is 42.1 Å². The van der Waals surface area contributed by atoms with Crippen molar-refractivity contribution < 1.29 is 0 Å². The van der Waals surface area contributed by atoms with Gasteiger partial charge in [0.15, 0.2) is 0 Å². The summed E-state index contributed by atoms with van der Waals surface area (Å²) >= 11 is 1.83. The Hall–Kier alpha value is -1.10. The second-order valence-electron chi connectivity index (χ2n) is 3.92. The van der Waals surface area contributed by atoms with Gasteiger partial charge >= 0.3 is 0 Å². The average Bonchev–Trinajstić information content (AvgIpc) is 2.40. The van der Waals surface area contributed by atoms with Crippen molar-refractivity contribution in [2.45, 2.75) is 12.5 Å². The topological polar surface area (TPSA) is 50.9 Å². The highest BCUT2D eigenvalue weighted by Gasteiger charge is 2.12. The van der Waals surface area contributed by atoms with Gasteiger partial charge in [0.25, 0.3) is 0 Å². The number of hydrogen-bond donors (Lipinski definition) is 2. The van der Waals surface area contributed by atoms with Crippen LogP contribution in [0.3, 0.4) is 0 Å². The third-order valence-corrected chi connectivity index (χ3v) is 3.51. The van der Waals surface area contributed by atoms with Crippen LogP contribution in [0.15, 0.2) is 36.5 Å². The maximum atomic E-state index is 5.66. The summed E-state index contributed by atoms with van der Waals surface area (Å²) in [5, 5.41) is 1.18. The van der Waals surface area contributed by atoms with Crippen molar-refractivity contribution in [1.29, 1.82) is 0 Å². The van der Waals surface area contributed by atoms with E-state index in [4.69, 9.17) is 5.84 Å². The first-order valence-corrected chi connectivity index (χ1v) is 7.05. The van der Waals surface area contributed by atoms with E-state index in [0.29, 0.717) is 0 Å². The van der Waals surface area contributed by atoms with Gasteiger partial charge in [0.05, 0.1) is 5.52 Å². The minimum absolute atomic E-state index is 0.190. The first-order chi connectivity index (χ1) is 8.36. The number of thioether (sulfide) groups is 1. The van der Waals surface area contributed by atoms with Crippen molar-refractivity contribution in [1.82, 2.24) is 10.4 Å². The lowest BCUT2D eigenvalue weighted by Gasteiger charge is -2.17. The molecule has 17 heavy (non-hydrogen) atoms. The van der Waals surface area contributed by atoms with E-state index in [9.17, 15) is 0 Å². The summed E-state index contributed by atoms with van der Waals surface area (Å²) in [6.07, 6.45) is 4.95. The minimum atomic E-state index is 0.190. The number of rotatable bonds is 5. The Labute approximate surface area is 106 Å². The highest BCUT2D eigenvalue weighted by atomic mass is 32.2. The number of hydrogen-bond acceptors (Lipinski definition) is 4. The third kappa shape index (κ3) is 2.77. The molecule has 0 radical (unpaired) electrons. The Morgan fingerprint density at radius 2 is 2.24 bits per heavy atom. The zero-order chi connectivity index (χ0) is 12.1. The summed E-state index contributed by atoms with van der Waals surface area (Å²) in [5.41, 5.74) is 5.16. The van der Waals surface area contributed by atoms with Crippen LogP contribution in [0.5, 0.6) is 0 Å². The fraction of sp³-hybridized carbons (Fsp3) is 0.308. The molecule has 1 aromatic carbocycles. The van der Waals surface area contributed by atoms with Crippen LogP contribution in [0.2, 0.25) is 0 Å². The average molecular weight is 247 g/mol. The molecule has 0 fully saturated rings. The number of pyridine rings is 1. The van der Waals surface area contributed by atoms with Gasteiger partial charge in [-0.2, -0.15) is 11.8 Å². The predicted molar refractivity (Wildman–Crippen MR) is 74.8 cm³/mol. The van der Waals surface area contributed by atoms with Crippen LogP contribution in [0, 0.1) is 0 Å². The molecule has 1 heterocycles. The number of nitrogens with two attached hydrogens (primary N) is 1. The number of fused-ring (bicyclic) bond motifs is 1. The zero-order valence-corrected chi connectivity index (χ0v) is 10.7. The number of aromatic nitrogens is 1. The zero-order valence-electron chi connectivity index (χ0n) is 9.89. The molecule has 1 unspecified atom stereocenters. The molecular weight excluding hydrogens is 230 g/mol. The molecule has 1 aromatic heterocycles. The Balaban J connectivity index is 2.38. The minimum Gasteiger partial charge on any atom is -0.271 e. The quantitative estimate of drug-likeness (QED) is 0.629. The largest absolute Gasteiger partial charge is 0.271 e. The lowest BCUT2D eigenvalue weighted by molar-refractivity contribution is 0.546. The van der Waals surface area contributed by atoms with Crippen molar-refractivity contribution >= 4 is 22.7 Å². The standard InChI is InChI=1S/C13H17N3S/c1-17-9-7-13(16-14)11-4-2-6-12-10(11)5-3-8-15-12/h2-6,8,13,16H,7,9,14H2,1H3. The molecule has 3 N–H and O–H groups in total. The molecule has 1 atom stereocenters. The van der Waals surface area contributed by atoms with Gasteiger partial charge in [0.2, 0.25) is 0 Å². The molecule has 0 spiro atoms. The van der Waals surface area contributed by atoms with Crippen molar-refractivity contribution in [3.63, 3.8) is 0 Å². The Kier molecular flexibility index (Phi) is 4.36. The SMILES string of the molecule is CSCCC(NN)c1cccc2ncccc12. The molecule has 4 heteroatoms. The van der Waals surface area contributed by atoms with Gasteiger partial charge in [0.1, 0.15) is 0 Å². The van der Waals surface area contributed by atoms with Gasteiger partial charge < -0.3 is 0 Å². The van der Waals surface area contributed by atoms with Gasteiger partial charge in [-0.3, -0.25) is 16.3 Å². The molecular formula is C13H17N3S. The second kappa shape index (κ2) is 6.00. The molecule has 0 saturated heterocycles. The lowest BCUT2D eigenvalue weighted by atomic mass is 10.00. The van der Waals surface area contributed by atoms with Crippen molar-refractivity contribution in [2.24, 2.45) is 5.84 Å². The van der Waals surface area contributed by atoms with Crippen molar-refractivity contribution in [3.8, 4) is 0 Å². The molecule has 0 aliphatic heterocycles. The van der Waals surface area contributed by atoms with Crippen LogP contribution < -0.4 is 11.3 Å². The Bertz CT molecular complexity index is 482. The number of nitrogens with zero attached hydrogens (tertiary/aromatic N) is 1. The fourth-order valence-corrected chi connectivity index (χ4v) is 2.47. The molecule has 2 aromatic rings. The summed E-state index contributed by atoms with van der Waals surface area (Å²) in [6.45, 7) is 0. The third-order valence-electron chi connectivity index (χ3n) is 2.87. The van der Waals surface area contributed by atoms with E-state index in [2.05, 4.69) is 28.8 Å². The van der Waals surface area contributed by atoms with Gasteiger partial charge in [-0.15, -0.1) is 0 Å². The summed E-state index contributed by atoms with van der Waals surface area (Å²) in [6, 6.07) is 10.4. The monoisotopic (exact) mass is 247 g/mol.